The van der Waals surface area contributed by atoms with E-state index in [1.165, 1.54) is 28.0 Å². The van der Waals surface area contributed by atoms with Crippen molar-refractivity contribution in [3.63, 3.8) is 0 Å². The standard InChI is InChI=1S/C21H25FN4O3S/c1-3-16-23-21-26(24-16)19(27)18(30-21)17(13-7-5-9-15(22)11-13)25-10-6-8-14(12-25)20(28)29-4-2/h5,7,9,11,14,17,27H,3-4,6,8,10,12H2,1-2H3/t14-,17-/m1/s1. The van der Waals surface area contributed by atoms with Crippen molar-refractivity contribution in [3.8, 4) is 5.88 Å². The molecule has 0 spiro atoms. The van der Waals surface area contributed by atoms with Gasteiger partial charge in [0.05, 0.1) is 23.4 Å². The molecule has 3 heterocycles. The van der Waals surface area contributed by atoms with Crippen molar-refractivity contribution in [2.75, 3.05) is 19.7 Å². The van der Waals surface area contributed by atoms with E-state index in [0.29, 0.717) is 35.2 Å². The Balaban J connectivity index is 1.75. The van der Waals surface area contributed by atoms with Crippen LogP contribution in [0.2, 0.25) is 0 Å². The van der Waals surface area contributed by atoms with Crippen molar-refractivity contribution in [2.24, 2.45) is 5.92 Å². The van der Waals surface area contributed by atoms with Crippen molar-refractivity contribution in [2.45, 2.75) is 39.2 Å². The van der Waals surface area contributed by atoms with Gasteiger partial charge >= 0.3 is 5.97 Å². The first kappa shape index (κ1) is 20.7. The zero-order chi connectivity index (χ0) is 21.3. The molecule has 0 aliphatic carbocycles. The van der Waals surface area contributed by atoms with Gasteiger partial charge in [-0.15, -0.1) is 5.10 Å². The third-order valence-corrected chi connectivity index (χ3v) is 6.48. The summed E-state index contributed by atoms with van der Waals surface area (Å²) in [6.45, 7) is 5.30. The number of thiazole rings is 1. The van der Waals surface area contributed by atoms with Crippen LogP contribution in [0.4, 0.5) is 4.39 Å². The van der Waals surface area contributed by atoms with Gasteiger partial charge in [0, 0.05) is 13.0 Å². The lowest BCUT2D eigenvalue weighted by molar-refractivity contribution is -0.150. The summed E-state index contributed by atoms with van der Waals surface area (Å²) in [6, 6.07) is 5.97. The predicted molar refractivity (Wildman–Crippen MR) is 111 cm³/mol. The zero-order valence-electron chi connectivity index (χ0n) is 17.0. The molecule has 9 heteroatoms. The summed E-state index contributed by atoms with van der Waals surface area (Å²) in [5.74, 6) is -0.130. The number of fused-ring (bicyclic) bond motifs is 1. The SMILES string of the molecule is CCOC(=O)[C@@H]1CCCN([C@H](c2cccc(F)c2)c2sc3nc(CC)nn3c2O)C1. The molecule has 0 radical (unpaired) electrons. The molecule has 0 saturated carbocycles. The summed E-state index contributed by atoms with van der Waals surface area (Å²) >= 11 is 1.34. The number of ether oxygens (including phenoxy) is 1. The van der Waals surface area contributed by atoms with E-state index in [1.54, 1.807) is 13.0 Å². The summed E-state index contributed by atoms with van der Waals surface area (Å²) in [4.78, 5) is 20.2. The Hall–Kier alpha value is -2.52. The highest BCUT2D eigenvalue weighted by Crippen LogP contribution is 2.41. The molecule has 0 bridgehead atoms. The number of rotatable bonds is 6. The van der Waals surface area contributed by atoms with E-state index >= 15 is 0 Å². The second-order valence-corrected chi connectivity index (χ2v) is 8.42. The maximum Gasteiger partial charge on any atom is 0.310 e. The van der Waals surface area contributed by atoms with E-state index in [2.05, 4.69) is 15.0 Å². The van der Waals surface area contributed by atoms with Gasteiger partial charge in [0.1, 0.15) is 5.82 Å². The summed E-state index contributed by atoms with van der Waals surface area (Å²) in [5.41, 5.74) is 0.718. The zero-order valence-corrected chi connectivity index (χ0v) is 17.9. The molecule has 160 valence electrons. The summed E-state index contributed by atoms with van der Waals surface area (Å²) < 4.78 is 20.7. The van der Waals surface area contributed by atoms with Crippen molar-refractivity contribution in [1.82, 2.24) is 19.5 Å². The number of hydrogen-bond acceptors (Lipinski definition) is 7. The van der Waals surface area contributed by atoms with Crippen LogP contribution in [0, 0.1) is 11.7 Å². The van der Waals surface area contributed by atoms with E-state index in [0.717, 1.165) is 24.9 Å². The van der Waals surface area contributed by atoms with Crippen LogP contribution in [-0.4, -0.2) is 50.3 Å². The van der Waals surface area contributed by atoms with Crippen LogP contribution in [0.3, 0.4) is 0 Å². The summed E-state index contributed by atoms with van der Waals surface area (Å²) in [7, 11) is 0. The van der Waals surface area contributed by atoms with Crippen LogP contribution in [0.1, 0.15) is 49.0 Å². The smallest absolute Gasteiger partial charge is 0.310 e. The van der Waals surface area contributed by atoms with E-state index in [1.807, 2.05) is 13.0 Å². The minimum Gasteiger partial charge on any atom is -0.492 e. The number of carbonyl (C=O) groups is 1. The number of aromatic hydroxyl groups is 1. The number of nitrogens with zero attached hydrogens (tertiary/aromatic N) is 4. The fraction of sp³-hybridized carbons (Fsp3) is 0.476. The van der Waals surface area contributed by atoms with Gasteiger partial charge in [0.15, 0.2) is 5.82 Å². The van der Waals surface area contributed by atoms with Crippen molar-refractivity contribution < 1.29 is 19.0 Å². The first-order valence-electron chi connectivity index (χ1n) is 10.2. The average molecular weight is 433 g/mol. The van der Waals surface area contributed by atoms with Crippen LogP contribution in [0.25, 0.3) is 4.96 Å². The predicted octanol–water partition coefficient (Wildman–Crippen LogP) is 3.56. The third kappa shape index (κ3) is 3.91. The van der Waals surface area contributed by atoms with Crippen molar-refractivity contribution >= 4 is 22.3 Å². The Morgan fingerprint density at radius 3 is 2.97 bits per heavy atom. The molecule has 4 rings (SSSR count). The number of halogens is 1. The van der Waals surface area contributed by atoms with E-state index in [9.17, 15) is 14.3 Å². The van der Waals surface area contributed by atoms with Gasteiger partial charge in [-0.05, 0) is 44.0 Å². The van der Waals surface area contributed by atoms with Gasteiger partial charge in [0.2, 0.25) is 10.8 Å². The summed E-state index contributed by atoms with van der Waals surface area (Å²) in [5, 5.41) is 15.3. The molecule has 30 heavy (non-hydrogen) atoms. The van der Waals surface area contributed by atoms with Crippen LogP contribution >= 0.6 is 11.3 Å². The Labute approximate surface area is 178 Å². The molecule has 1 N–H and O–H groups in total. The molecule has 0 amide bonds. The molecule has 1 saturated heterocycles. The number of likely N-dealkylation sites (tertiary alicyclic amines) is 1. The Morgan fingerprint density at radius 1 is 1.43 bits per heavy atom. The Kier molecular flexibility index (Phi) is 6.01. The number of esters is 1. The Bertz CT molecular complexity index is 1050. The number of hydrogen-bond donors (Lipinski definition) is 1. The molecule has 1 aromatic carbocycles. The molecule has 2 atom stereocenters. The molecular weight excluding hydrogens is 407 g/mol. The monoisotopic (exact) mass is 432 g/mol. The molecular formula is C21H25FN4O3S. The number of aromatic nitrogens is 3. The van der Waals surface area contributed by atoms with Gasteiger partial charge in [0.25, 0.3) is 0 Å². The molecule has 1 aliphatic rings. The van der Waals surface area contributed by atoms with Crippen LogP contribution < -0.4 is 0 Å². The fourth-order valence-corrected chi connectivity index (χ4v) is 5.15. The third-order valence-electron chi connectivity index (χ3n) is 5.41. The van der Waals surface area contributed by atoms with Crippen LogP contribution in [-0.2, 0) is 16.0 Å². The second kappa shape index (κ2) is 8.69. The summed E-state index contributed by atoms with van der Waals surface area (Å²) in [6.07, 6.45) is 2.24. The maximum atomic E-state index is 14.1. The molecule has 2 aromatic heterocycles. The highest BCUT2D eigenvalue weighted by Gasteiger charge is 2.35. The number of piperidine rings is 1. The first-order valence-corrected chi connectivity index (χ1v) is 11.1. The fourth-order valence-electron chi connectivity index (χ4n) is 4.02. The normalized spacial score (nSPS) is 18.6. The van der Waals surface area contributed by atoms with Gasteiger partial charge < -0.3 is 9.84 Å². The molecule has 1 aliphatic heterocycles. The van der Waals surface area contributed by atoms with E-state index in [-0.39, 0.29) is 23.6 Å². The lowest BCUT2D eigenvalue weighted by atomic mass is 9.94. The highest BCUT2D eigenvalue weighted by molar-refractivity contribution is 7.17. The van der Waals surface area contributed by atoms with Gasteiger partial charge in [-0.1, -0.05) is 30.4 Å². The molecule has 1 fully saturated rings. The lowest BCUT2D eigenvalue weighted by Gasteiger charge is -2.37. The van der Waals surface area contributed by atoms with E-state index in [4.69, 9.17) is 4.74 Å². The topological polar surface area (TPSA) is 80.0 Å². The Morgan fingerprint density at radius 2 is 2.27 bits per heavy atom. The number of benzene rings is 1. The first-order chi connectivity index (χ1) is 14.5. The minimum atomic E-state index is -0.406. The second-order valence-electron chi connectivity index (χ2n) is 7.41. The molecule has 7 nitrogen and oxygen atoms in total. The van der Waals surface area contributed by atoms with Crippen molar-refractivity contribution in [3.05, 3.63) is 46.3 Å². The van der Waals surface area contributed by atoms with Gasteiger partial charge in [-0.2, -0.15) is 4.52 Å². The average Bonchev–Trinajstić information content (AvgIpc) is 3.28. The molecule has 0 unspecified atom stereocenters. The number of aryl methyl sites for hydroxylation is 1. The highest BCUT2D eigenvalue weighted by atomic mass is 32.1. The lowest BCUT2D eigenvalue weighted by Crippen LogP contribution is -2.41. The molecule has 3 aromatic rings. The quantitative estimate of drug-likeness (QED) is 0.600. The number of carbonyl (C=O) groups excluding carboxylic acids is 1. The van der Waals surface area contributed by atoms with Gasteiger partial charge in [-0.3, -0.25) is 9.69 Å². The minimum absolute atomic E-state index is 0.00900. The van der Waals surface area contributed by atoms with Crippen LogP contribution in [0.5, 0.6) is 5.88 Å². The van der Waals surface area contributed by atoms with Crippen LogP contribution in [0.15, 0.2) is 24.3 Å². The maximum absolute atomic E-state index is 14.1. The largest absolute Gasteiger partial charge is 0.492 e. The van der Waals surface area contributed by atoms with Gasteiger partial charge in [-0.25, -0.2) is 9.37 Å². The van der Waals surface area contributed by atoms with E-state index < -0.39 is 6.04 Å². The van der Waals surface area contributed by atoms with Crippen molar-refractivity contribution in [1.29, 1.82) is 0 Å².